The van der Waals surface area contributed by atoms with E-state index in [1.165, 1.54) is 6.42 Å². The first kappa shape index (κ1) is 8.93. The molecule has 0 N–H and O–H groups in total. The third kappa shape index (κ3) is 1.81. The molecular formula is C11H22S. The van der Waals surface area contributed by atoms with E-state index in [1.54, 1.807) is 48.7 Å². The summed E-state index contributed by atoms with van der Waals surface area (Å²) >= 11 is 0. The van der Waals surface area contributed by atoms with Gasteiger partial charge in [0.2, 0.25) is 0 Å². The van der Waals surface area contributed by atoms with Gasteiger partial charge in [-0.3, -0.25) is 0 Å². The molecule has 0 aromatic heterocycles. The van der Waals surface area contributed by atoms with Gasteiger partial charge in [0.05, 0.1) is 0 Å². The van der Waals surface area contributed by atoms with Crippen molar-refractivity contribution in [1.29, 1.82) is 0 Å². The van der Waals surface area contributed by atoms with Crippen LogP contribution in [0, 0.1) is 5.92 Å². The van der Waals surface area contributed by atoms with Gasteiger partial charge in [-0.05, 0) is 54.6 Å². The lowest BCUT2D eigenvalue weighted by Crippen LogP contribution is -2.27. The van der Waals surface area contributed by atoms with E-state index in [-0.39, 0.29) is 10.0 Å². The minimum absolute atomic E-state index is 0.0318. The van der Waals surface area contributed by atoms with Gasteiger partial charge in [0.1, 0.15) is 0 Å². The second kappa shape index (κ2) is 3.61. The fourth-order valence-electron chi connectivity index (χ4n) is 2.65. The summed E-state index contributed by atoms with van der Waals surface area (Å²) in [6.07, 6.45) is 7.75. The van der Waals surface area contributed by atoms with Crippen molar-refractivity contribution in [2.24, 2.45) is 5.92 Å². The van der Waals surface area contributed by atoms with Gasteiger partial charge in [0.25, 0.3) is 0 Å². The lowest BCUT2D eigenvalue weighted by Gasteiger charge is -2.47. The molecule has 2 rings (SSSR count). The van der Waals surface area contributed by atoms with Crippen LogP contribution in [-0.4, -0.2) is 23.0 Å². The summed E-state index contributed by atoms with van der Waals surface area (Å²) < 4.78 is 0. The first-order valence-corrected chi connectivity index (χ1v) is 7.86. The SMILES string of the molecule is CC1CCS2(CCCCC2)CC1. The Morgan fingerprint density at radius 2 is 1.42 bits per heavy atom. The third-order valence-electron chi connectivity index (χ3n) is 3.74. The van der Waals surface area contributed by atoms with Crippen molar-refractivity contribution >= 4 is 10.0 Å². The van der Waals surface area contributed by atoms with Gasteiger partial charge < -0.3 is 0 Å². The van der Waals surface area contributed by atoms with Gasteiger partial charge in [-0.2, -0.15) is 0 Å². The Labute approximate surface area is 78.4 Å². The molecule has 0 amide bonds. The molecule has 12 heavy (non-hydrogen) atoms. The van der Waals surface area contributed by atoms with Crippen LogP contribution in [0.5, 0.6) is 0 Å². The van der Waals surface area contributed by atoms with Crippen LogP contribution >= 0.6 is 10.0 Å². The van der Waals surface area contributed by atoms with E-state index in [0.717, 1.165) is 5.92 Å². The second-order valence-corrected chi connectivity index (χ2v) is 8.87. The lowest BCUT2D eigenvalue weighted by atomic mass is 10.1. The van der Waals surface area contributed by atoms with Crippen molar-refractivity contribution in [3.05, 3.63) is 0 Å². The van der Waals surface area contributed by atoms with Crippen molar-refractivity contribution in [3.63, 3.8) is 0 Å². The van der Waals surface area contributed by atoms with E-state index in [4.69, 9.17) is 0 Å². The average Bonchev–Trinajstić information content (AvgIpc) is 2.13. The molecule has 0 nitrogen and oxygen atoms in total. The highest BCUT2D eigenvalue weighted by atomic mass is 32.3. The summed E-state index contributed by atoms with van der Waals surface area (Å²) in [5, 5.41) is 0. The Balaban J connectivity index is 1.92. The normalized spacial score (nSPS) is 33.4. The van der Waals surface area contributed by atoms with Gasteiger partial charge in [0, 0.05) is 0 Å². The first-order chi connectivity index (χ1) is 5.81. The van der Waals surface area contributed by atoms with E-state index in [9.17, 15) is 0 Å². The van der Waals surface area contributed by atoms with Crippen LogP contribution in [0.1, 0.15) is 39.0 Å². The monoisotopic (exact) mass is 186 g/mol. The molecule has 2 heterocycles. The second-order valence-electron chi connectivity index (χ2n) is 4.78. The maximum atomic E-state index is 2.44. The Bertz CT molecular complexity index is 137. The van der Waals surface area contributed by atoms with Crippen LogP contribution in [0.4, 0.5) is 0 Å². The van der Waals surface area contributed by atoms with Crippen LogP contribution in [-0.2, 0) is 0 Å². The summed E-state index contributed by atoms with van der Waals surface area (Å²) in [6.45, 7) is 2.44. The van der Waals surface area contributed by atoms with Gasteiger partial charge in [0.15, 0.2) is 0 Å². The number of hydrogen-bond acceptors (Lipinski definition) is 0. The van der Waals surface area contributed by atoms with E-state index in [2.05, 4.69) is 6.92 Å². The number of rotatable bonds is 0. The Morgan fingerprint density at radius 3 is 2.00 bits per heavy atom. The predicted octanol–water partition coefficient (Wildman–Crippen LogP) is 3.40. The average molecular weight is 186 g/mol. The molecule has 2 aliphatic rings. The maximum Gasteiger partial charge on any atom is -0.0225 e. The number of hydrogen-bond donors (Lipinski definition) is 0. The molecule has 0 radical (unpaired) electrons. The zero-order chi connectivity index (χ0) is 8.44. The van der Waals surface area contributed by atoms with Gasteiger partial charge in [-0.15, -0.1) is 0 Å². The van der Waals surface area contributed by atoms with Crippen molar-refractivity contribution in [1.82, 2.24) is 0 Å². The van der Waals surface area contributed by atoms with Crippen LogP contribution in [0.2, 0.25) is 0 Å². The molecule has 0 aliphatic carbocycles. The van der Waals surface area contributed by atoms with Crippen molar-refractivity contribution in [3.8, 4) is 0 Å². The molecule has 2 aliphatic heterocycles. The van der Waals surface area contributed by atoms with Crippen LogP contribution in [0.3, 0.4) is 0 Å². The fraction of sp³-hybridized carbons (Fsp3) is 1.00. The van der Waals surface area contributed by atoms with Gasteiger partial charge >= 0.3 is 0 Å². The standard InChI is InChI=1S/C11H22S/c1-11-5-9-12(10-6-11)7-3-2-4-8-12/h11H,2-10H2,1H3. The van der Waals surface area contributed by atoms with Gasteiger partial charge in [-0.25, -0.2) is 10.0 Å². The topological polar surface area (TPSA) is 0 Å². The fourth-order valence-corrected chi connectivity index (χ4v) is 7.31. The first-order valence-electron chi connectivity index (χ1n) is 5.55. The quantitative estimate of drug-likeness (QED) is 0.544. The summed E-state index contributed by atoms with van der Waals surface area (Å²) in [7, 11) is -0.0318. The highest BCUT2D eigenvalue weighted by Gasteiger charge is 2.30. The largest absolute Gasteiger partial charge is 0.241 e. The molecule has 0 saturated carbocycles. The molecule has 0 aromatic rings. The third-order valence-corrected chi connectivity index (χ3v) is 8.25. The zero-order valence-electron chi connectivity index (χ0n) is 8.35. The highest BCUT2D eigenvalue weighted by Crippen LogP contribution is 2.56. The van der Waals surface area contributed by atoms with E-state index < -0.39 is 0 Å². The van der Waals surface area contributed by atoms with Gasteiger partial charge in [-0.1, -0.05) is 13.3 Å². The van der Waals surface area contributed by atoms with E-state index in [1.807, 2.05) is 0 Å². The highest BCUT2D eigenvalue weighted by molar-refractivity contribution is 8.33. The molecule has 0 bridgehead atoms. The molecule has 0 aromatic carbocycles. The zero-order valence-corrected chi connectivity index (χ0v) is 9.17. The van der Waals surface area contributed by atoms with Crippen LogP contribution in [0.25, 0.3) is 0 Å². The van der Waals surface area contributed by atoms with E-state index >= 15 is 0 Å². The molecule has 0 atom stereocenters. The molecule has 1 heteroatoms. The predicted molar refractivity (Wildman–Crippen MR) is 59.3 cm³/mol. The molecular weight excluding hydrogens is 164 g/mol. The van der Waals surface area contributed by atoms with Crippen molar-refractivity contribution in [2.75, 3.05) is 23.0 Å². The smallest absolute Gasteiger partial charge is 0.0225 e. The minimum Gasteiger partial charge on any atom is -0.241 e. The molecule has 1 spiro atoms. The van der Waals surface area contributed by atoms with E-state index in [0.29, 0.717) is 0 Å². The maximum absolute atomic E-state index is 2.44. The minimum atomic E-state index is -0.0318. The lowest BCUT2D eigenvalue weighted by molar-refractivity contribution is 0.531. The summed E-state index contributed by atoms with van der Waals surface area (Å²) in [5.41, 5.74) is 0. The molecule has 0 unspecified atom stereocenters. The summed E-state index contributed by atoms with van der Waals surface area (Å²) in [4.78, 5) is 0. The van der Waals surface area contributed by atoms with Crippen LogP contribution in [0.15, 0.2) is 0 Å². The van der Waals surface area contributed by atoms with Crippen molar-refractivity contribution in [2.45, 2.75) is 39.0 Å². The molecule has 72 valence electrons. The Kier molecular flexibility index (Phi) is 2.69. The summed E-state index contributed by atoms with van der Waals surface area (Å²) in [6, 6.07) is 0. The summed E-state index contributed by atoms with van der Waals surface area (Å²) in [5.74, 6) is 7.59. The van der Waals surface area contributed by atoms with Crippen LogP contribution < -0.4 is 0 Å². The van der Waals surface area contributed by atoms with Crippen molar-refractivity contribution < 1.29 is 0 Å². The Morgan fingerprint density at radius 1 is 0.833 bits per heavy atom. The molecule has 2 fully saturated rings. The Hall–Kier alpha value is 0.350. The molecule has 2 saturated heterocycles.